The van der Waals surface area contributed by atoms with Crippen LogP contribution in [0.4, 0.5) is 5.82 Å². The fourth-order valence-electron chi connectivity index (χ4n) is 1.79. The number of carbonyl (C=O) groups is 1. The molecule has 0 atom stereocenters. The topological polar surface area (TPSA) is 96.6 Å². The van der Waals surface area contributed by atoms with Gasteiger partial charge < -0.3 is 19.9 Å². The normalized spacial score (nSPS) is 12.2. The minimum Gasteiger partial charge on any atom is -0.456 e. The SMILES string of the molecule is Nc1nccnc1C(=O)OCc1cc2c(cc1Br)OCO2. The number of nitrogens with two attached hydrogens (primary N) is 1. The Morgan fingerprint density at radius 3 is 2.76 bits per heavy atom. The standard InChI is InChI=1S/C13H10BrN3O4/c14-8-4-10-9(20-6-21-10)3-7(8)5-19-13(18)11-12(15)17-2-1-16-11/h1-4H,5-6H2,(H2,15,17). The molecule has 0 fully saturated rings. The first-order chi connectivity index (χ1) is 10.1. The van der Waals surface area contributed by atoms with Crippen molar-refractivity contribution in [2.24, 2.45) is 0 Å². The van der Waals surface area contributed by atoms with E-state index in [1.54, 1.807) is 12.1 Å². The largest absolute Gasteiger partial charge is 0.456 e. The molecule has 0 saturated carbocycles. The Balaban J connectivity index is 1.74. The van der Waals surface area contributed by atoms with Gasteiger partial charge in [0.1, 0.15) is 6.61 Å². The molecular formula is C13H10BrN3O4. The van der Waals surface area contributed by atoms with Gasteiger partial charge in [-0.15, -0.1) is 0 Å². The van der Waals surface area contributed by atoms with Crippen LogP contribution in [-0.4, -0.2) is 22.7 Å². The van der Waals surface area contributed by atoms with Gasteiger partial charge in [-0.1, -0.05) is 15.9 Å². The van der Waals surface area contributed by atoms with Gasteiger partial charge in [0, 0.05) is 22.4 Å². The second-order valence-corrected chi connectivity index (χ2v) is 5.02. The van der Waals surface area contributed by atoms with Crippen molar-refractivity contribution >= 4 is 27.7 Å². The predicted molar refractivity (Wildman–Crippen MR) is 75.8 cm³/mol. The fraction of sp³-hybridized carbons (Fsp3) is 0.154. The van der Waals surface area contributed by atoms with Crippen LogP contribution < -0.4 is 15.2 Å². The van der Waals surface area contributed by atoms with Crippen molar-refractivity contribution in [2.45, 2.75) is 6.61 Å². The van der Waals surface area contributed by atoms with Crippen LogP contribution in [0.2, 0.25) is 0 Å². The lowest BCUT2D eigenvalue weighted by molar-refractivity contribution is 0.0465. The van der Waals surface area contributed by atoms with Crippen LogP contribution in [0.3, 0.4) is 0 Å². The minimum atomic E-state index is -0.634. The Labute approximate surface area is 128 Å². The first-order valence-electron chi connectivity index (χ1n) is 5.97. The highest BCUT2D eigenvalue weighted by molar-refractivity contribution is 9.10. The summed E-state index contributed by atoms with van der Waals surface area (Å²) in [4.78, 5) is 19.5. The number of halogens is 1. The summed E-state index contributed by atoms with van der Waals surface area (Å²) < 4.78 is 16.5. The zero-order valence-corrected chi connectivity index (χ0v) is 12.3. The quantitative estimate of drug-likeness (QED) is 0.843. The van der Waals surface area contributed by atoms with E-state index in [0.29, 0.717) is 11.5 Å². The highest BCUT2D eigenvalue weighted by atomic mass is 79.9. The number of esters is 1. The molecule has 0 saturated heterocycles. The summed E-state index contributed by atoms with van der Waals surface area (Å²) in [6.07, 6.45) is 2.78. The van der Waals surface area contributed by atoms with E-state index >= 15 is 0 Å². The number of anilines is 1. The first kappa shape index (κ1) is 13.6. The predicted octanol–water partition coefficient (Wildman–Crippen LogP) is 1.91. The molecule has 8 heteroatoms. The zero-order chi connectivity index (χ0) is 14.8. The number of hydrogen-bond acceptors (Lipinski definition) is 7. The lowest BCUT2D eigenvalue weighted by Gasteiger charge is -2.08. The maximum absolute atomic E-state index is 11.9. The van der Waals surface area contributed by atoms with E-state index in [2.05, 4.69) is 25.9 Å². The number of benzene rings is 1. The van der Waals surface area contributed by atoms with Crippen LogP contribution in [0.1, 0.15) is 16.1 Å². The fourth-order valence-corrected chi connectivity index (χ4v) is 2.22. The van der Waals surface area contributed by atoms with Crippen LogP contribution in [-0.2, 0) is 11.3 Å². The van der Waals surface area contributed by atoms with E-state index in [0.717, 1.165) is 10.0 Å². The minimum absolute atomic E-state index is 0.00522. The third-order valence-electron chi connectivity index (χ3n) is 2.82. The van der Waals surface area contributed by atoms with Gasteiger partial charge in [0.15, 0.2) is 23.0 Å². The molecule has 0 spiro atoms. The molecule has 0 unspecified atom stereocenters. The summed E-state index contributed by atoms with van der Waals surface area (Å²) in [5.41, 5.74) is 6.31. The van der Waals surface area contributed by atoms with Gasteiger partial charge in [0.25, 0.3) is 0 Å². The molecule has 3 rings (SSSR count). The van der Waals surface area contributed by atoms with Crippen molar-refractivity contribution < 1.29 is 19.0 Å². The van der Waals surface area contributed by atoms with E-state index in [1.807, 2.05) is 0 Å². The smallest absolute Gasteiger partial charge is 0.361 e. The Morgan fingerprint density at radius 2 is 2.00 bits per heavy atom. The van der Waals surface area contributed by atoms with Crippen molar-refractivity contribution in [1.29, 1.82) is 0 Å². The lowest BCUT2D eigenvalue weighted by Crippen LogP contribution is -2.11. The molecule has 1 aliphatic heterocycles. The van der Waals surface area contributed by atoms with Crippen LogP contribution in [0.15, 0.2) is 29.0 Å². The van der Waals surface area contributed by atoms with E-state index in [-0.39, 0.29) is 24.9 Å². The molecule has 0 aliphatic carbocycles. The van der Waals surface area contributed by atoms with Gasteiger partial charge in [-0.05, 0) is 12.1 Å². The average molecular weight is 352 g/mol. The molecule has 21 heavy (non-hydrogen) atoms. The summed E-state index contributed by atoms with van der Waals surface area (Å²) in [6.45, 7) is 0.229. The molecule has 1 aliphatic rings. The molecule has 0 amide bonds. The molecule has 2 N–H and O–H groups in total. The van der Waals surface area contributed by atoms with Crippen LogP contribution >= 0.6 is 15.9 Å². The van der Waals surface area contributed by atoms with Crippen molar-refractivity contribution in [3.63, 3.8) is 0 Å². The van der Waals surface area contributed by atoms with Gasteiger partial charge >= 0.3 is 5.97 Å². The number of fused-ring (bicyclic) bond motifs is 1. The van der Waals surface area contributed by atoms with Crippen LogP contribution in [0, 0.1) is 0 Å². The summed E-state index contributed by atoms with van der Waals surface area (Å²) in [6, 6.07) is 3.52. The maximum atomic E-state index is 11.9. The highest BCUT2D eigenvalue weighted by Gasteiger charge is 2.18. The Hall–Kier alpha value is -2.35. The number of aromatic nitrogens is 2. The van der Waals surface area contributed by atoms with Crippen molar-refractivity contribution in [1.82, 2.24) is 9.97 Å². The number of hydrogen-bond donors (Lipinski definition) is 1. The van der Waals surface area contributed by atoms with E-state index < -0.39 is 5.97 Å². The second-order valence-electron chi connectivity index (χ2n) is 4.16. The highest BCUT2D eigenvalue weighted by Crippen LogP contribution is 2.37. The van der Waals surface area contributed by atoms with Crippen molar-refractivity contribution in [2.75, 3.05) is 12.5 Å². The number of nitrogens with zero attached hydrogens (tertiary/aromatic N) is 2. The number of nitrogen functional groups attached to an aromatic ring is 1. The monoisotopic (exact) mass is 351 g/mol. The van der Waals surface area contributed by atoms with Gasteiger partial charge in [-0.3, -0.25) is 0 Å². The molecule has 7 nitrogen and oxygen atoms in total. The number of carbonyl (C=O) groups excluding carboxylic acids is 1. The van der Waals surface area contributed by atoms with E-state index in [4.69, 9.17) is 19.9 Å². The third kappa shape index (κ3) is 2.75. The summed E-state index contributed by atoms with van der Waals surface area (Å²) in [5, 5.41) is 0. The average Bonchev–Trinajstić information content (AvgIpc) is 2.92. The first-order valence-corrected chi connectivity index (χ1v) is 6.76. The van der Waals surface area contributed by atoms with Gasteiger partial charge in [0.2, 0.25) is 6.79 Å². The summed E-state index contributed by atoms with van der Waals surface area (Å²) in [7, 11) is 0. The Kier molecular flexibility index (Phi) is 3.61. The third-order valence-corrected chi connectivity index (χ3v) is 3.56. The van der Waals surface area contributed by atoms with Crippen molar-refractivity contribution in [3.8, 4) is 11.5 Å². The van der Waals surface area contributed by atoms with Crippen LogP contribution in [0.25, 0.3) is 0 Å². The molecule has 0 bridgehead atoms. The zero-order valence-electron chi connectivity index (χ0n) is 10.7. The maximum Gasteiger partial charge on any atom is 0.361 e. The molecule has 1 aromatic heterocycles. The molecule has 108 valence electrons. The number of rotatable bonds is 3. The van der Waals surface area contributed by atoms with E-state index in [9.17, 15) is 4.79 Å². The van der Waals surface area contributed by atoms with E-state index in [1.165, 1.54) is 12.4 Å². The lowest BCUT2D eigenvalue weighted by atomic mass is 10.2. The molecule has 0 radical (unpaired) electrons. The van der Waals surface area contributed by atoms with Crippen LogP contribution in [0.5, 0.6) is 11.5 Å². The Bertz CT molecular complexity index is 708. The second kappa shape index (κ2) is 5.57. The Morgan fingerprint density at radius 1 is 1.29 bits per heavy atom. The summed E-state index contributed by atoms with van der Waals surface area (Å²) in [5.74, 6) is 0.663. The van der Waals surface area contributed by atoms with Gasteiger partial charge in [-0.25, -0.2) is 14.8 Å². The van der Waals surface area contributed by atoms with Gasteiger partial charge in [-0.2, -0.15) is 0 Å². The molecule has 2 heterocycles. The van der Waals surface area contributed by atoms with Crippen molar-refractivity contribution in [3.05, 3.63) is 40.3 Å². The van der Waals surface area contributed by atoms with Gasteiger partial charge in [0.05, 0.1) is 0 Å². The molecule has 2 aromatic rings. The summed E-state index contributed by atoms with van der Waals surface area (Å²) >= 11 is 3.39. The molecule has 1 aromatic carbocycles. The number of ether oxygens (including phenoxy) is 3. The molecular weight excluding hydrogens is 342 g/mol.